The molecule has 2 aliphatic heterocycles. The highest BCUT2D eigenvalue weighted by molar-refractivity contribution is 5.95. The molecule has 0 aromatic carbocycles. The number of rotatable bonds is 2. The summed E-state index contributed by atoms with van der Waals surface area (Å²) >= 11 is 0. The lowest BCUT2D eigenvalue weighted by Gasteiger charge is -2.46. The highest BCUT2D eigenvalue weighted by Crippen LogP contribution is 2.37. The van der Waals surface area contributed by atoms with Gasteiger partial charge in [0, 0.05) is 31.5 Å². The fourth-order valence-corrected chi connectivity index (χ4v) is 3.27. The molecule has 7 nitrogen and oxygen atoms in total. The minimum absolute atomic E-state index is 0.0257. The van der Waals surface area contributed by atoms with Gasteiger partial charge in [-0.25, -0.2) is 0 Å². The monoisotopic (exact) mass is 313 g/mol. The average Bonchev–Trinajstić information content (AvgIpc) is 3.14. The molecule has 0 radical (unpaired) electrons. The van der Waals surface area contributed by atoms with Crippen LogP contribution >= 0.6 is 0 Å². The maximum atomic E-state index is 12.4. The Morgan fingerprint density at radius 3 is 2.65 bits per heavy atom. The van der Waals surface area contributed by atoms with Crippen LogP contribution in [0.5, 0.6) is 0 Å². The number of aromatic amines is 1. The van der Waals surface area contributed by atoms with E-state index in [9.17, 15) is 14.4 Å². The summed E-state index contributed by atoms with van der Waals surface area (Å²) in [5.41, 5.74) is 0.0493. The molecule has 0 saturated carbocycles. The molecule has 1 spiro atoms. The van der Waals surface area contributed by atoms with Gasteiger partial charge in [-0.2, -0.15) is 0 Å². The number of carbonyl (C=O) groups excluding carboxylic acids is 2. The van der Waals surface area contributed by atoms with Crippen molar-refractivity contribution in [3.8, 4) is 11.5 Å². The van der Waals surface area contributed by atoms with E-state index < -0.39 is 5.56 Å². The van der Waals surface area contributed by atoms with E-state index in [1.807, 2.05) is 0 Å². The number of hydrogen-bond acceptors (Lipinski definition) is 4. The average molecular weight is 313 g/mol. The summed E-state index contributed by atoms with van der Waals surface area (Å²) < 4.78 is 5.22. The first-order valence-electron chi connectivity index (χ1n) is 7.40. The summed E-state index contributed by atoms with van der Waals surface area (Å²) in [5.74, 6) is 0.263. The van der Waals surface area contributed by atoms with Crippen molar-refractivity contribution < 1.29 is 14.0 Å². The van der Waals surface area contributed by atoms with Crippen molar-refractivity contribution in [2.45, 2.75) is 6.42 Å². The number of amides is 2. The normalized spacial score (nSPS) is 18.8. The predicted octanol–water partition coefficient (Wildman–Crippen LogP) is 0.597. The van der Waals surface area contributed by atoms with Gasteiger partial charge in [-0.1, -0.05) is 0 Å². The Bertz CT molecular complexity index is 831. The summed E-state index contributed by atoms with van der Waals surface area (Å²) in [7, 11) is 0. The molecule has 4 rings (SSSR count). The van der Waals surface area contributed by atoms with Gasteiger partial charge in [-0.05, 0) is 24.3 Å². The fraction of sp³-hybridized carbons (Fsp3) is 0.312. The number of hydrogen-bond donors (Lipinski definition) is 2. The quantitative estimate of drug-likeness (QED) is 0.848. The number of aromatic nitrogens is 1. The smallest absolute Gasteiger partial charge is 0.261 e. The van der Waals surface area contributed by atoms with E-state index in [1.54, 1.807) is 23.1 Å². The number of carbonyl (C=O) groups is 2. The second kappa shape index (κ2) is 4.84. The third-order valence-electron chi connectivity index (χ3n) is 4.46. The summed E-state index contributed by atoms with van der Waals surface area (Å²) in [6.07, 6.45) is 1.97. The van der Waals surface area contributed by atoms with Gasteiger partial charge < -0.3 is 19.6 Å². The van der Waals surface area contributed by atoms with Crippen LogP contribution in [0, 0.1) is 5.41 Å². The number of nitrogens with zero attached hydrogens (tertiary/aromatic N) is 1. The number of likely N-dealkylation sites (tertiary alicyclic amines) is 1. The Morgan fingerprint density at radius 1 is 1.22 bits per heavy atom. The minimum atomic E-state index is -0.439. The first kappa shape index (κ1) is 13.8. The van der Waals surface area contributed by atoms with Crippen LogP contribution in [0.25, 0.3) is 11.5 Å². The van der Waals surface area contributed by atoms with E-state index in [-0.39, 0.29) is 22.8 Å². The van der Waals surface area contributed by atoms with Gasteiger partial charge in [0.25, 0.3) is 11.5 Å². The van der Waals surface area contributed by atoms with Gasteiger partial charge in [0.05, 0.1) is 12.0 Å². The van der Waals surface area contributed by atoms with Crippen LogP contribution < -0.4 is 10.9 Å². The highest BCUT2D eigenvalue weighted by Gasteiger charge is 2.50. The van der Waals surface area contributed by atoms with Crippen LogP contribution in [0.4, 0.5) is 0 Å². The molecule has 0 aliphatic carbocycles. The molecule has 2 N–H and O–H groups in total. The van der Waals surface area contributed by atoms with Gasteiger partial charge in [0.1, 0.15) is 11.3 Å². The lowest BCUT2D eigenvalue weighted by Crippen LogP contribution is -2.59. The zero-order valence-corrected chi connectivity index (χ0v) is 12.3. The SMILES string of the molecule is O=C1CC2(CN1)CN(C(=O)c1ccc(-c3ccco3)[nH]c1=O)C2. The Kier molecular flexibility index (Phi) is 2.90. The lowest BCUT2D eigenvalue weighted by atomic mass is 9.78. The highest BCUT2D eigenvalue weighted by atomic mass is 16.3. The van der Waals surface area contributed by atoms with E-state index in [0.717, 1.165) is 0 Å². The van der Waals surface area contributed by atoms with Crippen LogP contribution in [0.3, 0.4) is 0 Å². The largest absolute Gasteiger partial charge is 0.463 e. The van der Waals surface area contributed by atoms with Crippen LogP contribution in [0.1, 0.15) is 16.8 Å². The Hall–Kier alpha value is -2.83. The second-order valence-corrected chi connectivity index (χ2v) is 6.21. The third-order valence-corrected chi connectivity index (χ3v) is 4.46. The summed E-state index contributed by atoms with van der Waals surface area (Å²) in [6.45, 7) is 1.61. The molecular formula is C16H15N3O4. The molecule has 118 valence electrons. The van der Waals surface area contributed by atoms with Crippen LogP contribution in [-0.2, 0) is 4.79 Å². The van der Waals surface area contributed by atoms with Crippen molar-refractivity contribution in [2.24, 2.45) is 5.41 Å². The maximum Gasteiger partial charge on any atom is 0.261 e. The summed E-state index contributed by atoms with van der Waals surface area (Å²) in [4.78, 5) is 40.2. The molecule has 2 saturated heterocycles. The zero-order valence-electron chi connectivity index (χ0n) is 12.3. The van der Waals surface area contributed by atoms with E-state index in [4.69, 9.17) is 4.42 Å². The number of pyridine rings is 1. The van der Waals surface area contributed by atoms with E-state index in [0.29, 0.717) is 37.5 Å². The standard InChI is InChI=1S/C16H15N3O4/c20-13-6-16(7-17-13)8-19(9-16)15(22)10-3-4-11(18-14(10)21)12-2-1-5-23-12/h1-5H,6-9H2,(H,17,20)(H,18,21). The van der Waals surface area contributed by atoms with E-state index in [2.05, 4.69) is 10.3 Å². The molecule has 2 aliphatic rings. The second-order valence-electron chi connectivity index (χ2n) is 6.21. The lowest BCUT2D eigenvalue weighted by molar-refractivity contribution is -0.120. The Labute approximate surface area is 131 Å². The van der Waals surface area contributed by atoms with E-state index in [1.165, 1.54) is 12.3 Å². The third kappa shape index (κ3) is 2.25. The summed E-state index contributed by atoms with van der Waals surface area (Å²) in [5, 5.41) is 2.79. The molecule has 2 aromatic rings. The van der Waals surface area contributed by atoms with Crippen molar-refractivity contribution in [2.75, 3.05) is 19.6 Å². The minimum Gasteiger partial charge on any atom is -0.463 e. The Balaban J connectivity index is 1.52. The molecule has 0 atom stereocenters. The topological polar surface area (TPSA) is 95.4 Å². The number of H-pyrrole nitrogens is 1. The maximum absolute atomic E-state index is 12.4. The first-order valence-corrected chi connectivity index (χ1v) is 7.40. The van der Waals surface area contributed by atoms with Gasteiger partial charge in [0.2, 0.25) is 5.91 Å². The van der Waals surface area contributed by atoms with Crippen molar-refractivity contribution >= 4 is 11.8 Å². The van der Waals surface area contributed by atoms with Crippen LogP contribution in [0.2, 0.25) is 0 Å². The molecular weight excluding hydrogens is 298 g/mol. The Morgan fingerprint density at radius 2 is 2.04 bits per heavy atom. The number of nitrogens with one attached hydrogen (secondary N) is 2. The molecule has 4 heterocycles. The van der Waals surface area contributed by atoms with E-state index >= 15 is 0 Å². The van der Waals surface area contributed by atoms with Gasteiger partial charge >= 0.3 is 0 Å². The number of furan rings is 1. The zero-order chi connectivity index (χ0) is 16.0. The first-order chi connectivity index (χ1) is 11.1. The molecule has 0 unspecified atom stereocenters. The molecule has 0 bridgehead atoms. The molecule has 2 fully saturated rings. The van der Waals surface area contributed by atoms with Gasteiger partial charge in [0.15, 0.2) is 0 Å². The predicted molar refractivity (Wildman–Crippen MR) is 80.7 cm³/mol. The fourth-order valence-electron chi connectivity index (χ4n) is 3.27. The van der Waals surface area contributed by atoms with Crippen molar-refractivity contribution in [1.29, 1.82) is 0 Å². The molecule has 23 heavy (non-hydrogen) atoms. The van der Waals surface area contributed by atoms with Gasteiger partial charge in [-0.15, -0.1) is 0 Å². The molecule has 2 amide bonds. The van der Waals surface area contributed by atoms with Gasteiger partial charge in [-0.3, -0.25) is 14.4 Å². The van der Waals surface area contributed by atoms with Crippen molar-refractivity contribution in [3.63, 3.8) is 0 Å². The summed E-state index contributed by atoms with van der Waals surface area (Å²) in [6, 6.07) is 6.63. The van der Waals surface area contributed by atoms with Crippen molar-refractivity contribution in [3.05, 3.63) is 46.4 Å². The van der Waals surface area contributed by atoms with Crippen molar-refractivity contribution in [1.82, 2.24) is 15.2 Å². The van der Waals surface area contributed by atoms with Crippen LogP contribution in [-0.4, -0.2) is 41.3 Å². The molecule has 2 aromatic heterocycles. The molecule has 7 heteroatoms. The van der Waals surface area contributed by atoms with Crippen LogP contribution in [0.15, 0.2) is 39.7 Å².